The van der Waals surface area contributed by atoms with Gasteiger partial charge in [0.1, 0.15) is 16.4 Å². The molecule has 0 aliphatic heterocycles. The molecule has 140 valence electrons. The van der Waals surface area contributed by atoms with Crippen LogP contribution in [0.5, 0.6) is 5.75 Å². The number of nitrogens with zero attached hydrogens (tertiary/aromatic N) is 2. The third-order valence-corrected chi connectivity index (χ3v) is 5.94. The van der Waals surface area contributed by atoms with Crippen LogP contribution in [0, 0.1) is 13.8 Å². The number of benzene rings is 1. The average Bonchev–Trinajstić information content (AvgIpc) is 3.01. The lowest BCUT2D eigenvalue weighted by Crippen LogP contribution is -2.37. The van der Waals surface area contributed by atoms with Crippen LogP contribution in [0.1, 0.15) is 34.7 Å². The van der Waals surface area contributed by atoms with Gasteiger partial charge in [-0.2, -0.15) is 0 Å². The summed E-state index contributed by atoms with van der Waals surface area (Å²) in [6.07, 6.45) is 4.15. The summed E-state index contributed by atoms with van der Waals surface area (Å²) >= 11 is 1.60. The molecule has 0 atom stereocenters. The van der Waals surface area contributed by atoms with Crippen LogP contribution in [-0.4, -0.2) is 22.2 Å². The first kappa shape index (κ1) is 17.7. The number of aromatic nitrogens is 2. The molecule has 7 heteroatoms. The van der Waals surface area contributed by atoms with Crippen molar-refractivity contribution in [2.75, 3.05) is 12.0 Å². The minimum Gasteiger partial charge on any atom is -0.484 e. The first-order chi connectivity index (χ1) is 13.0. The van der Waals surface area contributed by atoms with Gasteiger partial charge in [0.05, 0.1) is 5.39 Å². The molecule has 6 nitrogen and oxygen atoms in total. The Morgan fingerprint density at radius 1 is 1.30 bits per heavy atom. The molecule has 1 aliphatic rings. The Morgan fingerprint density at radius 2 is 2.11 bits per heavy atom. The highest BCUT2D eigenvalue weighted by Crippen LogP contribution is 2.33. The zero-order valence-electron chi connectivity index (χ0n) is 15.4. The molecule has 0 saturated carbocycles. The number of rotatable bonds is 4. The van der Waals surface area contributed by atoms with Crippen LogP contribution < -0.4 is 15.7 Å². The number of nitrogens with one attached hydrogen (secondary N) is 1. The Morgan fingerprint density at radius 3 is 2.93 bits per heavy atom. The summed E-state index contributed by atoms with van der Waals surface area (Å²) in [5, 5.41) is 0.653. The highest BCUT2D eigenvalue weighted by Gasteiger charge is 2.21. The van der Waals surface area contributed by atoms with E-state index in [4.69, 9.17) is 4.74 Å². The van der Waals surface area contributed by atoms with Gasteiger partial charge in [-0.1, -0.05) is 12.1 Å². The number of carbonyl (C=O) groups is 1. The van der Waals surface area contributed by atoms with Crippen molar-refractivity contribution in [2.45, 2.75) is 39.5 Å². The van der Waals surface area contributed by atoms with Gasteiger partial charge in [0.15, 0.2) is 6.61 Å². The second-order valence-corrected chi connectivity index (χ2v) is 7.91. The van der Waals surface area contributed by atoms with Crippen molar-refractivity contribution in [1.29, 1.82) is 0 Å². The van der Waals surface area contributed by atoms with Crippen LogP contribution in [0.2, 0.25) is 0 Å². The van der Waals surface area contributed by atoms with Crippen LogP contribution in [0.15, 0.2) is 29.1 Å². The fourth-order valence-corrected chi connectivity index (χ4v) is 4.75. The van der Waals surface area contributed by atoms with Gasteiger partial charge >= 0.3 is 0 Å². The van der Waals surface area contributed by atoms with Crippen molar-refractivity contribution in [2.24, 2.45) is 0 Å². The lowest BCUT2D eigenvalue weighted by molar-refractivity contribution is -0.119. The minimum absolute atomic E-state index is 0.172. The van der Waals surface area contributed by atoms with Crippen LogP contribution in [-0.2, 0) is 17.6 Å². The number of hydrogen-bond acceptors (Lipinski definition) is 5. The zero-order valence-corrected chi connectivity index (χ0v) is 16.2. The molecule has 27 heavy (non-hydrogen) atoms. The zero-order chi connectivity index (χ0) is 19.0. The molecule has 4 rings (SSSR count). The Labute approximate surface area is 160 Å². The standard InChI is InChI=1S/C20H21N3O3S/c1-12-6-5-7-14(10-12)26-11-17(24)22-23-13(2)21-19-18(20(23)25)15-8-3-4-9-16(15)27-19/h5-7,10H,3-4,8-9,11H2,1-2H3,(H,22,24). The van der Waals surface area contributed by atoms with Crippen LogP contribution in [0.25, 0.3) is 10.2 Å². The van der Waals surface area contributed by atoms with Gasteiger partial charge < -0.3 is 4.74 Å². The lowest BCUT2D eigenvalue weighted by Gasteiger charge is -2.13. The first-order valence-corrected chi connectivity index (χ1v) is 9.88. The van der Waals surface area contributed by atoms with Gasteiger partial charge in [0.2, 0.25) is 0 Å². The van der Waals surface area contributed by atoms with Gasteiger partial charge in [0, 0.05) is 4.88 Å². The third kappa shape index (κ3) is 3.47. The van der Waals surface area contributed by atoms with E-state index in [0.717, 1.165) is 41.6 Å². The second kappa shape index (κ2) is 7.15. The normalized spacial score (nSPS) is 13.4. The first-order valence-electron chi connectivity index (χ1n) is 9.06. The highest BCUT2D eigenvalue weighted by atomic mass is 32.1. The number of ether oxygens (including phenoxy) is 1. The largest absolute Gasteiger partial charge is 0.484 e. The van der Waals surface area contributed by atoms with Crippen LogP contribution in [0.4, 0.5) is 0 Å². The molecule has 1 aromatic carbocycles. The third-order valence-electron chi connectivity index (χ3n) is 4.75. The maximum Gasteiger partial charge on any atom is 0.281 e. The number of amides is 1. The summed E-state index contributed by atoms with van der Waals surface area (Å²) < 4.78 is 6.76. The summed E-state index contributed by atoms with van der Waals surface area (Å²) in [6.45, 7) is 3.51. The molecule has 1 N–H and O–H groups in total. The quantitative estimate of drug-likeness (QED) is 0.751. The Balaban J connectivity index is 1.58. The molecule has 3 aromatic rings. The van der Waals surface area contributed by atoms with E-state index in [1.54, 1.807) is 24.3 Å². The lowest BCUT2D eigenvalue weighted by atomic mass is 9.97. The topological polar surface area (TPSA) is 73.2 Å². The summed E-state index contributed by atoms with van der Waals surface area (Å²) in [5.74, 6) is 0.691. The van der Waals surface area contributed by atoms with Crippen molar-refractivity contribution in [1.82, 2.24) is 9.66 Å². The van der Waals surface area contributed by atoms with E-state index in [9.17, 15) is 9.59 Å². The predicted octanol–water partition coefficient (Wildman–Crippen LogP) is 3.10. The maximum atomic E-state index is 13.0. The fourth-order valence-electron chi connectivity index (χ4n) is 3.45. The van der Waals surface area contributed by atoms with Crippen molar-refractivity contribution in [3.05, 3.63) is 56.4 Å². The molecule has 1 aliphatic carbocycles. The van der Waals surface area contributed by atoms with Gasteiger partial charge in [-0.3, -0.25) is 15.0 Å². The van der Waals surface area contributed by atoms with E-state index < -0.39 is 5.91 Å². The van der Waals surface area contributed by atoms with Crippen LogP contribution in [0.3, 0.4) is 0 Å². The number of fused-ring (bicyclic) bond motifs is 3. The van der Waals surface area contributed by atoms with E-state index >= 15 is 0 Å². The molecule has 1 amide bonds. The minimum atomic E-state index is -0.396. The molecule has 0 unspecified atom stereocenters. The maximum absolute atomic E-state index is 13.0. The molecule has 2 aromatic heterocycles. The summed E-state index contributed by atoms with van der Waals surface area (Å²) in [6, 6.07) is 7.48. The molecule has 2 heterocycles. The predicted molar refractivity (Wildman–Crippen MR) is 106 cm³/mol. The molecular weight excluding hydrogens is 362 g/mol. The number of carbonyl (C=O) groups excluding carboxylic acids is 1. The average molecular weight is 383 g/mol. The van der Waals surface area contributed by atoms with Crippen molar-refractivity contribution < 1.29 is 9.53 Å². The van der Waals surface area contributed by atoms with E-state index in [2.05, 4.69) is 10.4 Å². The smallest absolute Gasteiger partial charge is 0.281 e. The monoisotopic (exact) mass is 383 g/mol. The molecule has 0 saturated heterocycles. The fraction of sp³-hybridized carbons (Fsp3) is 0.350. The number of thiophene rings is 1. The number of hydrogen-bond donors (Lipinski definition) is 1. The van der Waals surface area contributed by atoms with Gasteiger partial charge in [-0.25, -0.2) is 9.66 Å². The summed E-state index contributed by atoms with van der Waals surface area (Å²) in [4.78, 5) is 31.9. The van der Waals surface area contributed by atoms with Gasteiger partial charge in [-0.15, -0.1) is 11.3 Å². The van der Waals surface area contributed by atoms with Crippen LogP contribution >= 0.6 is 11.3 Å². The van der Waals surface area contributed by atoms with Gasteiger partial charge in [-0.05, 0) is 62.8 Å². The highest BCUT2D eigenvalue weighted by molar-refractivity contribution is 7.18. The molecule has 0 fully saturated rings. The summed E-state index contributed by atoms with van der Waals surface area (Å²) in [5.41, 5.74) is 4.59. The van der Waals surface area contributed by atoms with E-state index in [-0.39, 0.29) is 12.2 Å². The second-order valence-electron chi connectivity index (χ2n) is 6.83. The molecular formula is C20H21N3O3S. The molecule has 0 bridgehead atoms. The van der Waals surface area contributed by atoms with E-state index in [1.807, 2.05) is 25.1 Å². The molecule has 0 radical (unpaired) electrons. The SMILES string of the molecule is Cc1cccc(OCC(=O)Nn2c(C)nc3sc4c(c3c2=O)CCCC4)c1. The summed E-state index contributed by atoms with van der Waals surface area (Å²) in [7, 11) is 0. The Hall–Kier alpha value is -2.67. The van der Waals surface area contributed by atoms with Gasteiger partial charge in [0.25, 0.3) is 11.5 Å². The van der Waals surface area contributed by atoms with E-state index in [1.165, 1.54) is 9.55 Å². The van der Waals surface area contributed by atoms with Crippen molar-refractivity contribution in [3.8, 4) is 5.75 Å². The van der Waals surface area contributed by atoms with E-state index in [0.29, 0.717) is 17.0 Å². The molecule has 0 spiro atoms. The number of aryl methyl sites for hydroxylation is 4. The van der Waals surface area contributed by atoms with Crippen molar-refractivity contribution in [3.63, 3.8) is 0 Å². The Bertz CT molecular complexity index is 1080. The Kier molecular flexibility index (Phi) is 4.70. The van der Waals surface area contributed by atoms with Crippen molar-refractivity contribution >= 4 is 27.5 Å².